The van der Waals surface area contributed by atoms with Gasteiger partial charge in [-0.1, -0.05) is 0 Å². The van der Waals surface area contributed by atoms with Crippen LogP contribution in [0.1, 0.15) is 34.9 Å². The van der Waals surface area contributed by atoms with Crippen LogP contribution in [0.4, 0.5) is 0 Å². The highest BCUT2D eigenvalue weighted by atomic mass is 16.1. The number of rotatable bonds is 2. The molecule has 1 atom stereocenters. The third kappa shape index (κ3) is 2.39. The van der Waals surface area contributed by atoms with Crippen molar-refractivity contribution in [1.82, 2.24) is 14.9 Å². The Labute approximate surface area is 89.3 Å². The standard InChI is InChI=1S/C11H15N3O/c1-14-4-2-3-9(6-14)11-5-10(7-15)12-8-13-11/h5,7-9H,2-4,6H2,1H3. The number of aldehydes is 1. The number of likely N-dealkylation sites (N-methyl/N-ethyl adjacent to an activating group) is 1. The zero-order chi connectivity index (χ0) is 10.7. The summed E-state index contributed by atoms with van der Waals surface area (Å²) in [6.45, 7) is 2.18. The molecule has 4 heteroatoms. The summed E-state index contributed by atoms with van der Waals surface area (Å²) < 4.78 is 0. The number of hydrogen-bond acceptors (Lipinski definition) is 4. The summed E-state index contributed by atoms with van der Waals surface area (Å²) in [7, 11) is 2.12. The zero-order valence-corrected chi connectivity index (χ0v) is 8.89. The molecule has 2 heterocycles. The van der Waals surface area contributed by atoms with Gasteiger partial charge in [-0.3, -0.25) is 4.79 Å². The van der Waals surface area contributed by atoms with E-state index in [0.717, 1.165) is 31.5 Å². The van der Waals surface area contributed by atoms with Crippen LogP contribution >= 0.6 is 0 Å². The van der Waals surface area contributed by atoms with Crippen LogP contribution in [0.15, 0.2) is 12.4 Å². The number of nitrogens with zero attached hydrogens (tertiary/aromatic N) is 3. The van der Waals surface area contributed by atoms with E-state index in [0.29, 0.717) is 11.6 Å². The molecule has 15 heavy (non-hydrogen) atoms. The highest BCUT2D eigenvalue weighted by Crippen LogP contribution is 2.24. The Morgan fingerprint density at radius 2 is 2.40 bits per heavy atom. The van der Waals surface area contributed by atoms with Gasteiger partial charge in [0.15, 0.2) is 6.29 Å². The molecule has 2 rings (SSSR count). The van der Waals surface area contributed by atoms with E-state index < -0.39 is 0 Å². The van der Waals surface area contributed by atoms with Crippen LogP contribution in [0.2, 0.25) is 0 Å². The molecule has 1 aliphatic heterocycles. The summed E-state index contributed by atoms with van der Waals surface area (Å²) >= 11 is 0. The zero-order valence-electron chi connectivity index (χ0n) is 8.89. The summed E-state index contributed by atoms with van der Waals surface area (Å²) in [5.74, 6) is 0.449. The lowest BCUT2D eigenvalue weighted by Crippen LogP contribution is -2.31. The summed E-state index contributed by atoms with van der Waals surface area (Å²) in [5.41, 5.74) is 1.48. The van der Waals surface area contributed by atoms with E-state index in [9.17, 15) is 4.79 Å². The molecule has 4 nitrogen and oxygen atoms in total. The van der Waals surface area contributed by atoms with E-state index in [1.165, 1.54) is 12.7 Å². The third-order valence-electron chi connectivity index (χ3n) is 2.87. The minimum Gasteiger partial charge on any atom is -0.306 e. The molecule has 0 spiro atoms. The van der Waals surface area contributed by atoms with Gasteiger partial charge in [0.05, 0.1) is 0 Å². The average molecular weight is 205 g/mol. The number of carbonyl (C=O) groups excluding carboxylic acids is 1. The van der Waals surface area contributed by atoms with Crippen molar-refractivity contribution in [3.8, 4) is 0 Å². The second kappa shape index (κ2) is 4.49. The fraction of sp³-hybridized carbons (Fsp3) is 0.545. The van der Waals surface area contributed by atoms with Gasteiger partial charge in [0.25, 0.3) is 0 Å². The summed E-state index contributed by atoms with van der Waals surface area (Å²) in [4.78, 5) is 21.0. The molecule has 0 amide bonds. The predicted octanol–water partition coefficient (Wildman–Crippen LogP) is 1.10. The fourth-order valence-corrected chi connectivity index (χ4v) is 2.08. The molecule has 0 aliphatic carbocycles. The summed E-state index contributed by atoms with van der Waals surface area (Å²) in [6.07, 6.45) is 4.60. The van der Waals surface area contributed by atoms with Gasteiger partial charge in [-0.2, -0.15) is 0 Å². The first-order chi connectivity index (χ1) is 7.29. The van der Waals surface area contributed by atoms with Crippen molar-refractivity contribution in [1.29, 1.82) is 0 Å². The maximum atomic E-state index is 10.6. The van der Waals surface area contributed by atoms with Gasteiger partial charge in [0.1, 0.15) is 12.0 Å². The number of piperidine rings is 1. The molecular formula is C11H15N3O. The van der Waals surface area contributed by atoms with E-state index >= 15 is 0 Å². The van der Waals surface area contributed by atoms with Crippen LogP contribution in [0, 0.1) is 0 Å². The minimum absolute atomic E-state index is 0.449. The van der Waals surface area contributed by atoms with Crippen LogP contribution in [0.5, 0.6) is 0 Å². The molecule has 1 aromatic heterocycles. The number of aromatic nitrogens is 2. The van der Waals surface area contributed by atoms with E-state index in [-0.39, 0.29) is 0 Å². The molecule has 80 valence electrons. The van der Waals surface area contributed by atoms with Crippen LogP contribution in [-0.2, 0) is 0 Å². The van der Waals surface area contributed by atoms with Crippen molar-refractivity contribution in [3.63, 3.8) is 0 Å². The monoisotopic (exact) mass is 205 g/mol. The first-order valence-electron chi connectivity index (χ1n) is 5.25. The Kier molecular flexibility index (Phi) is 3.06. The number of likely N-dealkylation sites (tertiary alicyclic amines) is 1. The highest BCUT2D eigenvalue weighted by Gasteiger charge is 2.20. The number of carbonyl (C=O) groups is 1. The first kappa shape index (κ1) is 10.2. The maximum Gasteiger partial charge on any atom is 0.168 e. The molecule has 0 bridgehead atoms. The molecule has 0 saturated carbocycles. The Balaban J connectivity index is 2.17. The van der Waals surface area contributed by atoms with E-state index in [1.807, 2.05) is 0 Å². The summed E-state index contributed by atoms with van der Waals surface area (Å²) in [5, 5.41) is 0. The quantitative estimate of drug-likeness (QED) is 0.678. The molecule has 1 saturated heterocycles. The fourth-order valence-electron chi connectivity index (χ4n) is 2.08. The lowest BCUT2D eigenvalue weighted by Gasteiger charge is -2.29. The third-order valence-corrected chi connectivity index (χ3v) is 2.87. The van der Waals surface area contributed by atoms with Gasteiger partial charge in [-0.25, -0.2) is 9.97 Å². The van der Waals surface area contributed by atoms with Gasteiger partial charge in [0, 0.05) is 18.2 Å². The molecule has 1 aliphatic rings. The Morgan fingerprint density at radius 1 is 1.53 bits per heavy atom. The smallest absolute Gasteiger partial charge is 0.168 e. The molecule has 0 N–H and O–H groups in total. The molecular weight excluding hydrogens is 190 g/mol. The van der Waals surface area contributed by atoms with E-state index in [2.05, 4.69) is 21.9 Å². The molecule has 1 unspecified atom stereocenters. The van der Waals surface area contributed by atoms with Crippen molar-refractivity contribution in [2.75, 3.05) is 20.1 Å². The number of hydrogen-bond donors (Lipinski definition) is 0. The van der Waals surface area contributed by atoms with Crippen molar-refractivity contribution >= 4 is 6.29 Å². The summed E-state index contributed by atoms with van der Waals surface area (Å²) in [6, 6.07) is 1.80. The Morgan fingerprint density at radius 3 is 3.13 bits per heavy atom. The predicted molar refractivity (Wildman–Crippen MR) is 56.9 cm³/mol. The van der Waals surface area contributed by atoms with Gasteiger partial charge < -0.3 is 4.90 Å². The molecule has 0 aromatic carbocycles. The minimum atomic E-state index is 0.449. The van der Waals surface area contributed by atoms with Crippen molar-refractivity contribution < 1.29 is 4.79 Å². The van der Waals surface area contributed by atoms with Crippen LogP contribution in [0.25, 0.3) is 0 Å². The SMILES string of the molecule is CN1CCCC(c2cc(C=O)ncn2)C1. The highest BCUT2D eigenvalue weighted by molar-refractivity contribution is 5.71. The molecule has 1 aromatic rings. The Hall–Kier alpha value is -1.29. The maximum absolute atomic E-state index is 10.6. The van der Waals surface area contributed by atoms with Gasteiger partial charge in [-0.15, -0.1) is 0 Å². The van der Waals surface area contributed by atoms with Gasteiger partial charge in [0.2, 0.25) is 0 Å². The molecule has 0 radical (unpaired) electrons. The van der Waals surface area contributed by atoms with E-state index in [1.54, 1.807) is 6.07 Å². The van der Waals surface area contributed by atoms with Gasteiger partial charge >= 0.3 is 0 Å². The van der Waals surface area contributed by atoms with Gasteiger partial charge in [-0.05, 0) is 32.5 Å². The van der Waals surface area contributed by atoms with Crippen LogP contribution < -0.4 is 0 Å². The molecule has 1 fully saturated rings. The van der Waals surface area contributed by atoms with E-state index in [4.69, 9.17) is 0 Å². The average Bonchev–Trinajstić information content (AvgIpc) is 2.29. The largest absolute Gasteiger partial charge is 0.306 e. The van der Waals surface area contributed by atoms with Crippen molar-refractivity contribution in [2.45, 2.75) is 18.8 Å². The first-order valence-corrected chi connectivity index (χ1v) is 5.25. The Bertz CT molecular complexity index is 353. The van der Waals surface area contributed by atoms with Crippen LogP contribution in [-0.4, -0.2) is 41.3 Å². The lowest BCUT2D eigenvalue weighted by molar-refractivity contribution is 0.111. The topological polar surface area (TPSA) is 46.1 Å². The van der Waals surface area contributed by atoms with Crippen LogP contribution in [0.3, 0.4) is 0 Å². The second-order valence-corrected chi connectivity index (χ2v) is 4.09. The van der Waals surface area contributed by atoms with Crippen molar-refractivity contribution in [2.24, 2.45) is 0 Å². The second-order valence-electron chi connectivity index (χ2n) is 4.09. The van der Waals surface area contributed by atoms with Crippen molar-refractivity contribution in [3.05, 3.63) is 23.8 Å². The lowest BCUT2D eigenvalue weighted by atomic mass is 9.94. The normalized spacial score (nSPS) is 22.6.